The predicted molar refractivity (Wildman–Crippen MR) is 146 cm³/mol. The molecule has 2 heterocycles. The fraction of sp³-hybridized carbons (Fsp3) is 0.966. The Bertz CT molecular complexity index is 689. The van der Waals surface area contributed by atoms with Crippen LogP contribution in [0.4, 0.5) is 0 Å². The van der Waals surface area contributed by atoms with E-state index in [1.54, 1.807) is 0 Å². The van der Waals surface area contributed by atoms with Crippen LogP contribution in [0.3, 0.4) is 0 Å². The number of likely N-dealkylation sites (N-methyl/N-ethyl adjacent to an activating group) is 1. The summed E-state index contributed by atoms with van der Waals surface area (Å²) >= 11 is 0. The van der Waals surface area contributed by atoms with Crippen molar-refractivity contribution in [1.82, 2.24) is 25.6 Å². The molecular formula is C29H54N6O. The standard InChI is InChI=1S/C29H54N6O/c1-33-13-15-34(16-14-33)29(36)26-4-2-3-23(17-26)21-35-28-18-25(9-10-27(28)20-32-35)24-7-5-22(6-8-24)19-31-12-11-30/h22-28,31-32H,2-21,30H2,1H3. The van der Waals surface area contributed by atoms with Gasteiger partial charge in [0.2, 0.25) is 5.91 Å². The normalized spacial score (nSPS) is 38.7. The van der Waals surface area contributed by atoms with Crippen LogP contribution < -0.4 is 16.5 Å². The number of carbonyl (C=O) groups is 1. The van der Waals surface area contributed by atoms with E-state index in [9.17, 15) is 4.79 Å². The minimum Gasteiger partial charge on any atom is -0.340 e. The molecule has 7 nitrogen and oxygen atoms in total. The van der Waals surface area contributed by atoms with E-state index in [-0.39, 0.29) is 5.92 Å². The van der Waals surface area contributed by atoms with E-state index < -0.39 is 0 Å². The van der Waals surface area contributed by atoms with Crippen LogP contribution in [0.1, 0.15) is 70.6 Å². The van der Waals surface area contributed by atoms with Gasteiger partial charge in [-0.05, 0) is 107 Å². The topological polar surface area (TPSA) is 76.9 Å². The molecule has 3 saturated carbocycles. The second kappa shape index (κ2) is 12.9. The Morgan fingerprint density at radius 2 is 1.64 bits per heavy atom. The number of nitrogens with one attached hydrogen (secondary N) is 2. The number of rotatable bonds is 8. The highest BCUT2D eigenvalue weighted by molar-refractivity contribution is 5.79. The third-order valence-electron chi connectivity index (χ3n) is 10.7. The molecule has 0 bridgehead atoms. The summed E-state index contributed by atoms with van der Waals surface area (Å²) in [6.07, 6.45) is 14.7. The molecule has 4 N–H and O–H groups in total. The first-order valence-corrected chi connectivity index (χ1v) is 15.5. The highest BCUT2D eigenvalue weighted by Crippen LogP contribution is 2.44. The maximum absolute atomic E-state index is 13.3. The van der Waals surface area contributed by atoms with Crippen molar-refractivity contribution in [2.75, 3.05) is 66.0 Å². The molecule has 5 rings (SSSR count). The van der Waals surface area contributed by atoms with Crippen molar-refractivity contribution in [3.05, 3.63) is 0 Å². The van der Waals surface area contributed by atoms with E-state index in [0.717, 1.165) is 94.9 Å². The zero-order valence-electron chi connectivity index (χ0n) is 23.0. The summed E-state index contributed by atoms with van der Waals surface area (Å²) in [6, 6.07) is 0.724. The molecule has 0 aromatic carbocycles. The largest absolute Gasteiger partial charge is 0.340 e. The fourth-order valence-corrected chi connectivity index (χ4v) is 8.36. The lowest BCUT2D eigenvalue weighted by Crippen LogP contribution is -2.50. The monoisotopic (exact) mass is 502 g/mol. The molecule has 2 aliphatic heterocycles. The average Bonchev–Trinajstić information content (AvgIpc) is 3.31. The SMILES string of the molecule is CN1CCN(C(=O)C2CCCC(CN3NCC4CCC(C5CCC(CNCCN)CC5)CC43)C2)CC1. The van der Waals surface area contributed by atoms with Gasteiger partial charge in [-0.3, -0.25) is 10.2 Å². The van der Waals surface area contributed by atoms with Crippen LogP contribution >= 0.6 is 0 Å². The van der Waals surface area contributed by atoms with Crippen molar-refractivity contribution in [2.24, 2.45) is 41.2 Å². The zero-order chi connectivity index (χ0) is 24.9. The maximum atomic E-state index is 13.3. The summed E-state index contributed by atoms with van der Waals surface area (Å²) in [4.78, 5) is 17.8. The molecule has 5 fully saturated rings. The van der Waals surface area contributed by atoms with Gasteiger partial charge in [0.25, 0.3) is 0 Å². The van der Waals surface area contributed by atoms with E-state index >= 15 is 0 Å². The average molecular weight is 503 g/mol. The number of nitrogens with two attached hydrogens (primary N) is 1. The number of hydrazine groups is 1. The molecule has 5 atom stereocenters. The molecule has 1 amide bonds. The Morgan fingerprint density at radius 1 is 0.889 bits per heavy atom. The van der Waals surface area contributed by atoms with E-state index in [1.807, 2.05) is 0 Å². The minimum atomic E-state index is 0.263. The lowest BCUT2D eigenvalue weighted by atomic mass is 9.68. The van der Waals surface area contributed by atoms with Crippen LogP contribution in [-0.2, 0) is 4.79 Å². The Labute approximate surface area is 220 Å². The molecule has 5 aliphatic rings. The molecule has 0 aromatic heterocycles. The zero-order valence-corrected chi connectivity index (χ0v) is 23.0. The van der Waals surface area contributed by atoms with Gasteiger partial charge in [-0.2, -0.15) is 0 Å². The smallest absolute Gasteiger partial charge is 0.225 e. The van der Waals surface area contributed by atoms with E-state index in [1.165, 1.54) is 64.3 Å². The lowest BCUT2D eigenvalue weighted by molar-refractivity contribution is -0.138. The van der Waals surface area contributed by atoms with Gasteiger partial charge in [-0.25, -0.2) is 5.01 Å². The number of fused-ring (bicyclic) bond motifs is 1. The predicted octanol–water partition coefficient (Wildman–Crippen LogP) is 2.53. The number of nitrogens with zero attached hydrogens (tertiary/aromatic N) is 3. The Morgan fingerprint density at radius 3 is 2.42 bits per heavy atom. The van der Waals surface area contributed by atoms with Crippen LogP contribution in [0.2, 0.25) is 0 Å². The van der Waals surface area contributed by atoms with E-state index in [0.29, 0.717) is 11.8 Å². The van der Waals surface area contributed by atoms with Gasteiger partial charge in [0.15, 0.2) is 0 Å². The van der Waals surface area contributed by atoms with Gasteiger partial charge >= 0.3 is 0 Å². The lowest BCUT2D eigenvalue weighted by Gasteiger charge is -2.42. The minimum absolute atomic E-state index is 0.263. The second-order valence-electron chi connectivity index (χ2n) is 13.0. The van der Waals surface area contributed by atoms with Gasteiger partial charge in [-0.1, -0.05) is 6.42 Å². The number of carbonyl (C=O) groups excluding carboxylic acids is 1. The highest BCUT2D eigenvalue weighted by Gasteiger charge is 2.43. The van der Waals surface area contributed by atoms with Crippen molar-refractivity contribution in [1.29, 1.82) is 0 Å². The first-order chi connectivity index (χ1) is 17.6. The van der Waals surface area contributed by atoms with E-state index in [2.05, 4.69) is 32.6 Å². The van der Waals surface area contributed by atoms with Crippen LogP contribution in [0.5, 0.6) is 0 Å². The first kappa shape index (κ1) is 26.9. The molecular weight excluding hydrogens is 448 g/mol. The summed E-state index contributed by atoms with van der Waals surface area (Å²) in [5.74, 6) is 4.95. The molecule has 0 spiro atoms. The maximum Gasteiger partial charge on any atom is 0.225 e. The van der Waals surface area contributed by atoms with Gasteiger partial charge in [0.1, 0.15) is 0 Å². The molecule has 3 aliphatic carbocycles. The fourth-order valence-electron chi connectivity index (χ4n) is 8.36. The van der Waals surface area contributed by atoms with E-state index in [4.69, 9.17) is 5.73 Å². The van der Waals surface area contributed by atoms with Crippen LogP contribution in [0.15, 0.2) is 0 Å². The van der Waals surface area contributed by atoms with Gasteiger partial charge in [-0.15, -0.1) is 0 Å². The van der Waals surface area contributed by atoms with Crippen molar-refractivity contribution in [2.45, 2.75) is 76.7 Å². The van der Waals surface area contributed by atoms with Crippen molar-refractivity contribution >= 4 is 5.91 Å². The molecule has 0 radical (unpaired) electrons. The first-order valence-electron chi connectivity index (χ1n) is 15.5. The third-order valence-corrected chi connectivity index (χ3v) is 10.7. The summed E-state index contributed by atoms with van der Waals surface area (Å²) in [5, 5.41) is 6.20. The molecule has 206 valence electrons. The van der Waals surface area contributed by atoms with Crippen molar-refractivity contribution < 1.29 is 4.79 Å². The Kier molecular flexibility index (Phi) is 9.61. The molecule has 2 saturated heterocycles. The Hall–Kier alpha value is -0.730. The summed E-state index contributed by atoms with van der Waals surface area (Å²) in [5.41, 5.74) is 9.47. The van der Waals surface area contributed by atoms with Crippen LogP contribution in [-0.4, -0.2) is 92.7 Å². The molecule has 36 heavy (non-hydrogen) atoms. The highest BCUT2D eigenvalue weighted by atomic mass is 16.2. The Balaban J connectivity index is 1.09. The number of amides is 1. The van der Waals surface area contributed by atoms with Crippen molar-refractivity contribution in [3.8, 4) is 0 Å². The number of hydrogen-bond donors (Lipinski definition) is 3. The summed E-state index contributed by atoms with van der Waals surface area (Å²) in [6.45, 7) is 9.08. The molecule has 5 unspecified atom stereocenters. The molecule has 0 aromatic rings. The third kappa shape index (κ3) is 6.63. The number of piperazine rings is 1. The van der Waals surface area contributed by atoms with Gasteiger partial charge < -0.3 is 20.9 Å². The van der Waals surface area contributed by atoms with Gasteiger partial charge in [0, 0.05) is 64.3 Å². The van der Waals surface area contributed by atoms with Crippen LogP contribution in [0.25, 0.3) is 0 Å². The number of hydrogen-bond acceptors (Lipinski definition) is 6. The summed E-state index contributed by atoms with van der Waals surface area (Å²) < 4.78 is 0. The van der Waals surface area contributed by atoms with Gasteiger partial charge in [0.05, 0.1) is 0 Å². The van der Waals surface area contributed by atoms with Crippen LogP contribution in [0, 0.1) is 35.5 Å². The second-order valence-corrected chi connectivity index (χ2v) is 13.0. The van der Waals surface area contributed by atoms with Crippen molar-refractivity contribution in [3.63, 3.8) is 0 Å². The quantitative estimate of drug-likeness (QED) is 0.443. The molecule has 7 heteroatoms. The summed E-state index contributed by atoms with van der Waals surface area (Å²) in [7, 11) is 2.16.